The third-order valence-electron chi connectivity index (χ3n) is 5.17. The van der Waals surface area contributed by atoms with Crippen molar-refractivity contribution in [3.63, 3.8) is 0 Å². The topological polar surface area (TPSA) is 88.5 Å². The van der Waals surface area contributed by atoms with Crippen LogP contribution < -0.4 is 9.64 Å². The molecule has 0 N–H and O–H groups in total. The maximum Gasteiger partial charge on any atom is 0.243 e. The summed E-state index contributed by atoms with van der Waals surface area (Å²) >= 11 is 0. The molecule has 0 bridgehead atoms. The van der Waals surface area contributed by atoms with Crippen molar-refractivity contribution < 1.29 is 13.2 Å². The first-order chi connectivity index (χ1) is 14.5. The predicted molar refractivity (Wildman–Crippen MR) is 114 cm³/mol. The van der Waals surface area contributed by atoms with Crippen molar-refractivity contribution in [2.75, 3.05) is 38.2 Å². The van der Waals surface area contributed by atoms with Crippen molar-refractivity contribution in [3.8, 4) is 17.0 Å². The van der Waals surface area contributed by atoms with Crippen molar-refractivity contribution >= 4 is 15.8 Å². The molecule has 8 nitrogen and oxygen atoms in total. The van der Waals surface area contributed by atoms with Crippen LogP contribution in [-0.2, 0) is 10.0 Å². The minimum absolute atomic E-state index is 0.287. The SMILES string of the molecule is COc1ccc(S(=O)(=O)N2CCN(c3ccc(-c4cccnc4)nn3)CC2)cc1C. The van der Waals surface area contributed by atoms with Crippen LogP contribution in [0.1, 0.15) is 5.56 Å². The zero-order valence-corrected chi connectivity index (χ0v) is 17.7. The van der Waals surface area contributed by atoms with Crippen LogP contribution in [0.3, 0.4) is 0 Å². The number of hydrogen-bond donors (Lipinski definition) is 0. The Morgan fingerprint density at radius 1 is 1.00 bits per heavy atom. The van der Waals surface area contributed by atoms with E-state index in [9.17, 15) is 8.42 Å². The van der Waals surface area contributed by atoms with Gasteiger partial charge in [0.05, 0.1) is 17.7 Å². The van der Waals surface area contributed by atoms with E-state index in [2.05, 4.69) is 15.2 Å². The molecule has 2 aromatic heterocycles. The van der Waals surface area contributed by atoms with E-state index in [0.29, 0.717) is 31.9 Å². The molecule has 1 fully saturated rings. The molecule has 1 saturated heterocycles. The third-order valence-corrected chi connectivity index (χ3v) is 7.07. The maximum atomic E-state index is 13.0. The Hall–Kier alpha value is -3.04. The first-order valence-corrected chi connectivity index (χ1v) is 11.1. The molecule has 3 aromatic rings. The molecule has 3 heterocycles. The average Bonchev–Trinajstić information content (AvgIpc) is 2.80. The number of benzene rings is 1. The van der Waals surface area contributed by atoms with Crippen molar-refractivity contribution in [1.29, 1.82) is 0 Å². The number of nitrogens with zero attached hydrogens (tertiary/aromatic N) is 5. The molecule has 0 aliphatic carbocycles. The number of aromatic nitrogens is 3. The number of pyridine rings is 1. The van der Waals surface area contributed by atoms with Crippen LogP contribution in [0.25, 0.3) is 11.3 Å². The summed E-state index contributed by atoms with van der Waals surface area (Å²) in [6, 6.07) is 12.5. The highest BCUT2D eigenvalue weighted by Gasteiger charge is 2.29. The van der Waals surface area contributed by atoms with Gasteiger partial charge < -0.3 is 9.64 Å². The van der Waals surface area contributed by atoms with Gasteiger partial charge >= 0.3 is 0 Å². The monoisotopic (exact) mass is 425 g/mol. The van der Waals surface area contributed by atoms with Gasteiger partial charge in [0.1, 0.15) is 5.75 Å². The number of sulfonamides is 1. The van der Waals surface area contributed by atoms with E-state index >= 15 is 0 Å². The highest BCUT2D eigenvalue weighted by Crippen LogP contribution is 2.25. The number of ether oxygens (including phenoxy) is 1. The van der Waals surface area contributed by atoms with Crippen molar-refractivity contribution in [2.45, 2.75) is 11.8 Å². The summed E-state index contributed by atoms with van der Waals surface area (Å²) in [6.07, 6.45) is 3.46. The van der Waals surface area contributed by atoms with Crippen LogP contribution in [-0.4, -0.2) is 61.2 Å². The lowest BCUT2D eigenvalue weighted by molar-refractivity contribution is 0.383. The molecule has 1 aliphatic rings. The second kappa shape index (κ2) is 8.37. The van der Waals surface area contributed by atoms with Crippen molar-refractivity contribution in [1.82, 2.24) is 19.5 Å². The number of piperazine rings is 1. The molecule has 0 amide bonds. The molecule has 1 aliphatic heterocycles. The van der Waals surface area contributed by atoms with Crippen LogP contribution >= 0.6 is 0 Å². The molecule has 0 saturated carbocycles. The Balaban J connectivity index is 1.44. The molecule has 0 unspecified atom stereocenters. The first kappa shape index (κ1) is 20.2. The van der Waals surface area contributed by atoms with Gasteiger partial charge in [-0.1, -0.05) is 0 Å². The normalized spacial score (nSPS) is 15.2. The van der Waals surface area contributed by atoms with E-state index < -0.39 is 10.0 Å². The van der Waals surface area contributed by atoms with Gasteiger partial charge in [0.2, 0.25) is 10.0 Å². The molecule has 156 valence electrons. The Morgan fingerprint density at radius 3 is 2.40 bits per heavy atom. The fourth-order valence-electron chi connectivity index (χ4n) is 3.48. The number of rotatable bonds is 5. The van der Waals surface area contributed by atoms with Crippen LogP contribution in [0, 0.1) is 6.92 Å². The number of methoxy groups -OCH3 is 1. The Morgan fingerprint density at radius 2 is 1.80 bits per heavy atom. The number of hydrogen-bond acceptors (Lipinski definition) is 7. The Labute approximate surface area is 176 Å². The quantitative estimate of drug-likeness (QED) is 0.620. The van der Waals surface area contributed by atoms with E-state index in [4.69, 9.17) is 4.74 Å². The molecule has 9 heteroatoms. The fraction of sp³-hybridized carbons (Fsp3) is 0.286. The molecule has 0 atom stereocenters. The minimum Gasteiger partial charge on any atom is -0.496 e. The van der Waals surface area contributed by atoms with Crippen LogP contribution in [0.15, 0.2) is 59.8 Å². The van der Waals surface area contributed by atoms with E-state index in [-0.39, 0.29) is 4.90 Å². The molecule has 1 aromatic carbocycles. The number of anilines is 1. The van der Waals surface area contributed by atoms with Crippen LogP contribution in [0.5, 0.6) is 5.75 Å². The lowest BCUT2D eigenvalue weighted by Gasteiger charge is -2.34. The lowest BCUT2D eigenvalue weighted by Crippen LogP contribution is -2.49. The molecule has 0 radical (unpaired) electrons. The van der Waals surface area contributed by atoms with Gasteiger partial charge in [-0.25, -0.2) is 8.42 Å². The standard InChI is InChI=1S/C21H23N5O3S/c1-16-14-18(5-7-20(16)29-2)30(27,28)26-12-10-25(11-13-26)21-8-6-19(23-24-21)17-4-3-9-22-15-17/h3-9,14-15H,10-13H2,1-2H3. The highest BCUT2D eigenvalue weighted by molar-refractivity contribution is 7.89. The second-order valence-corrected chi connectivity index (χ2v) is 8.98. The molecule has 0 spiro atoms. The second-order valence-electron chi connectivity index (χ2n) is 7.04. The van der Waals surface area contributed by atoms with E-state index in [1.54, 1.807) is 37.7 Å². The van der Waals surface area contributed by atoms with E-state index in [1.807, 2.05) is 36.1 Å². The molecule has 30 heavy (non-hydrogen) atoms. The van der Waals surface area contributed by atoms with E-state index in [1.165, 1.54) is 4.31 Å². The van der Waals surface area contributed by atoms with Gasteiger partial charge in [-0.05, 0) is 55.0 Å². The van der Waals surface area contributed by atoms with Gasteiger partial charge in [-0.3, -0.25) is 4.98 Å². The maximum absolute atomic E-state index is 13.0. The lowest BCUT2D eigenvalue weighted by atomic mass is 10.2. The summed E-state index contributed by atoms with van der Waals surface area (Å²) in [7, 11) is -1.98. The fourth-order valence-corrected chi connectivity index (χ4v) is 4.99. The van der Waals surface area contributed by atoms with Crippen LogP contribution in [0.4, 0.5) is 5.82 Å². The summed E-state index contributed by atoms with van der Waals surface area (Å²) in [5, 5.41) is 8.61. The zero-order valence-electron chi connectivity index (χ0n) is 16.9. The molecule has 4 rings (SSSR count). The van der Waals surface area contributed by atoms with Crippen molar-refractivity contribution in [2.24, 2.45) is 0 Å². The average molecular weight is 426 g/mol. The molecular formula is C21H23N5O3S. The third kappa shape index (κ3) is 3.99. The summed E-state index contributed by atoms with van der Waals surface area (Å²) < 4.78 is 32.8. The minimum atomic E-state index is -3.55. The van der Waals surface area contributed by atoms with Gasteiger partial charge in [-0.15, -0.1) is 10.2 Å². The Kier molecular flexibility index (Phi) is 5.65. The summed E-state index contributed by atoms with van der Waals surface area (Å²) in [4.78, 5) is 6.43. The number of aryl methyl sites for hydroxylation is 1. The van der Waals surface area contributed by atoms with Gasteiger partial charge in [0.25, 0.3) is 0 Å². The Bertz CT molecular complexity index is 1110. The van der Waals surface area contributed by atoms with Gasteiger partial charge in [-0.2, -0.15) is 4.31 Å². The summed E-state index contributed by atoms with van der Waals surface area (Å²) in [5.41, 5.74) is 2.45. The predicted octanol–water partition coefficient (Wildman–Crippen LogP) is 2.37. The zero-order chi connectivity index (χ0) is 21.1. The summed E-state index contributed by atoms with van der Waals surface area (Å²) in [5.74, 6) is 1.41. The van der Waals surface area contributed by atoms with Gasteiger partial charge in [0, 0.05) is 44.1 Å². The highest BCUT2D eigenvalue weighted by atomic mass is 32.2. The van der Waals surface area contributed by atoms with E-state index in [0.717, 1.165) is 22.6 Å². The summed E-state index contributed by atoms with van der Waals surface area (Å²) in [6.45, 7) is 3.72. The largest absolute Gasteiger partial charge is 0.496 e. The first-order valence-electron chi connectivity index (χ1n) is 9.63. The van der Waals surface area contributed by atoms with Crippen molar-refractivity contribution in [3.05, 3.63) is 60.4 Å². The smallest absolute Gasteiger partial charge is 0.243 e. The van der Waals surface area contributed by atoms with Crippen LogP contribution in [0.2, 0.25) is 0 Å². The molecular weight excluding hydrogens is 402 g/mol. The van der Waals surface area contributed by atoms with Gasteiger partial charge in [0.15, 0.2) is 5.82 Å².